The number of hydrogen-bond donors (Lipinski definition) is 0. The van der Waals surface area contributed by atoms with Crippen LogP contribution >= 0.6 is 0 Å². The number of sulfone groups is 1. The van der Waals surface area contributed by atoms with Gasteiger partial charge in [0.1, 0.15) is 15.7 Å². The van der Waals surface area contributed by atoms with Gasteiger partial charge in [0, 0.05) is 18.9 Å². The molecular formula is C12H11F2NO4S. The maximum atomic E-state index is 13.7. The van der Waals surface area contributed by atoms with Gasteiger partial charge in [-0.2, -0.15) is 0 Å². The quantitative estimate of drug-likeness (QED) is 0.776. The number of rotatable bonds is 4. The van der Waals surface area contributed by atoms with Crippen LogP contribution in [-0.4, -0.2) is 38.7 Å². The van der Waals surface area contributed by atoms with Crippen molar-refractivity contribution < 1.29 is 26.8 Å². The Balaban J connectivity index is 2.29. The van der Waals surface area contributed by atoms with Crippen molar-refractivity contribution >= 4 is 27.2 Å². The molecule has 0 fully saturated rings. The lowest BCUT2D eigenvalue weighted by atomic mass is 10.1. The highest BCUT2D eigenvalue weighted by Gasteiger charge is 2.38. The van der Waals surface area contributed by atoms with Crippen molar-refractivity contribution in [1.29, 1.82) is 0 Å². The van der Waals surface area contributed by atoms with E-state index in [1.807, 2.05) is 0 Å². The molecule has 0 radical (unpaired) electrons. The first-order valence-corrected chi connectivity index (χ1v) is 7.80. The lowest BCUT2D eigenvalue weighted by Crippen LogP contribution is -2.32. The van der Waals surface area contributed by atoms with Crippen LogP contribution in [0.1, 0.15) is 16.8 Å². The molecule has 20 heavy (non-hydrogen) atoms. The van der Waals surface area contributed by atoms with Crippen LogP contribution in [0.15, 0.2) is 12.1 Å². The fourth-order valence-corrected chi connectivity index (χ4v) is 2.70. The Labute approximate surface area is 114 Å². The Hall–Kier alpha value is -1.83. The molecule has 1 heterocycles. The second kappa shape index (κ2) is 4.93. The molecule has 1 aliphatic rings. The van der Waals surface area contributed by atoms with Crippen LogP contribution in [0.3, 0.4) is 0 Å². The summed E-state index contributed by atoms with van der Waals surface area (Å²) in [7, 11) is -3.22. The van der Waals surface area contributed by atoms with Gasteiger partial charge in [-0.15, -0.1) is 0 Å². The maximum absolute atomic E-state index is 13.7. The summed E-state index contributed by atoms with van der Waals surface area (Å²) >= 11 is 0. The molecule has 1 aromatic rings. The summed E-state index contributed by atoms with van der Waals surface area (Å²) in [5, 5.41) is 0. The summed E-state index contributed by atoms with van der Waals surface area (Å²) in [6.45, 7) is -0.118. The van der Waals surface area contributed by atoms with Gasteiger partial charge in [-0.25, -0.2) is 17.2 Å². The fourth-order valence-electron chi connectivity index (χ4n) is 2.05. The number of Topliss-reactive ketones (excluding diaryl/α,β-unsaturated/α-hetero) is 1. The van der Waals surface area contributed by atoms with Crippen LogP contribution in [0.5, 0.6) is 0 Å². The smallest absolute Gasteiger partial charge is 0.299 e. The van der Waals surface area contributed by atoms with Gasteiger partial charge in [0.25, 0.3) is 11.7 Å². The number of ketones is 1. The average molecular weight is 303 g/mol. The number of amides is 1. The van der Waals surface area contributed by atoms with Crippen molar-refractivity contribution in [2.24, 2.45) is 0 Å². The Morgan fingerprint density at radius 2 is 1.85 bits per heavy atom. The third-order valence-corrected chi connectivity index (χ3v) is 3.91. The van der Waals surface area contributed by atoms with Crippen LogP contribution in [-0.2, 0) is 14.6 Å². The Kier molecular flexibility index (Phi) is 3.59. The van der Waals surface area contributed by atoms with Gasteiger partial charge in [0.15, 0.2) is 5.82 Å². The minimum Gasteiger partial charge on any atom is -0.302 e. The normalized spacial score (nSPS) is 14.8. The third-order valence-electron chi connectivity index (χ3n) is 2.88. The minimum atomic E-state index is -3.22. The average Bonchev–Trinajstić information content (AvgIpc) is 2.53. The van der Waals surface area contributed by atoms with E-state index in [1.165, 1.54) is 0 Å². The van der Waals surface area contributed by atoms with Crippen molar-refractivity contribution in [2.75, 3.05) is 23.5 Å². The van der Waals surface area contributed by atoms with E-state index in [1.54, 1.807) is 0 Å². The van der Waals surface area contributed by atoms with E-state index < -0.39 is 33.2 Å². The monoisotopic (exact) mass is 303 g/mol. The van der Waals surface area contributed by atoms with Gasteiger partial charge in [0.05, 0.1) is 17.0 Å². The first kappa shape index (κ1) is 14.6. The van der Waals surface area contributed by atoms with Crippen molar-refractivity contribution in [2.45, 2.75) is 6.42 Å². The Morgan fingerprint density at radius 1 is 1.20 bits per heavy atom. The van der Waals surface area contributed by atoms with Crippen LogP contribution in [0.2, 0.25) is 0 Å². The van der Waals surface area contributed by atoms with Gasteiger partial charge in [-0.3, -0.25) is 9.59 Å². The largest absolute Gasteiger partial charge is 0.302 e. The SMILES string of the molecule is CS(=O)(=O)CCCN1C(=O)C(=O)c2cc(F)cc(F)c21. The second-order valence-corrected chi connectivity index (χ2v) is 6.81. The zero-order chi connectivity index (χ0) is 15.1. The van der Waals surface area contributed by atoms with Crippen molar-refractivity contribution in [3.63, 3.8) is 0 Å². The number of nitrogens with zero attached hydrogens (tertiary/aromatic N) is 1. The Bertz CT molecular complexity index is 700. The van der Waals surface area contributed by atoms with Crippen LogP contribution in [0, 0.1) is 11.6 Å². The summed E-state index contributed by atoms with van der Waals surface area (Å²) in [5.74, 6) is -4.11. The Morgan fingerprint density at radius 3 is 2.45 bits per heavy atom. The highest BCUT2D eigenvalue weighted by atomic mass is 32.2. The van der Waals surface area contributed by atoms with Gasteiger partial charge < -0.3 is 4.90 Å². The maximum Gasteiger partial charge on any atom is 0.299 e. The first-order valence-electron chi connectivity index (χ1n) is 5.73. The standard InChI is InChI=1S/C12H11F2NO4S/c1-20(18,19)4-2-3-15-10-8(11(16)12(15)17)5-7(13)6-9(10)14/h5-6H,2-4H2,1H3. The summed E-state index contributed by atoms with van der Waals surface area (Å²) in [6, 6.07) is 1.38. The van der Waals surface area contributed by atoms with Crippen molar-refractivity contribution in [1.82, 2.24) is 0 Å². The highest BCUT2D eigenvalue weighted by Crippen LogP contribution is 2.32. The minimum absolute atomic E-state index is 0.0636. The number of halogens is 2. The van der Waals surface area contributed by atoms with Crippen LogP contribution in [0.4, 0.5) is 14.5 Å². The number of hydrogen-bond acceptors (Lipinski definition) is 4. The van der Waals surface area contributed by atoms with E-state index in [0.29, 0.717) is 6.07 Å². The van der Waals surface area contributed by atoms with Crippen LogP contribution in [0.25, 0.3) is 0 Å². The van der Waals surface area contributed by atoms with Crippen molar-refractivity contribution in [3.05, 3.63) is 29.3 Å². The number of anilines is 1. The molecule has 1 aliphatic heterocycles. The number of fused-ring (bicyclic) bond motifs is 1. The number of carbonyl (C=O) groups excluding carboxylic acids is 2. The molecular weight excluding hydrogens is 292 g/mol. The molecule has 2 rings (SSSR count). The summed E-state index contributed by atoms with van der Waals surface area (Å²) in [6.07, 6.45) is 1.10. The highest BCUT2D eigenvalue weighted by molar-refractivity contribution is 7.90. The zero-order valence-corrected chi connectivity index (χ0v) is 11.3. The molecule has 0 unspecified atom stereocenters. The van der Waals surface area contributed by atoms with Gasteiger partial charge in [-0.1, -0.05) is 0 Å². The summed E-state index contributed by atoms with van der Waals surface area (Å²) in [5.41, 5.74) is -0.609. The molecule has 1 aromatic carbocycles. The van der Waals surface area contributed by atoms with E-state index in [9.17, 15) is 26.8 Å². The summed E-state index contributed by atoms with van der Waals surface area (Å²) < 4.78 is 48.8. The molecule has 0 bridgehead atoms. The molecule has 0 spiro atoms. The van der Waals surface area contributed by atoms with Gasteiger partial charge in [0.2, 0.25) is 0 Å². The molecule has 0 saturated heterocycles. The van der Waals surface area contributed by atoms with E-state index in [2.05, 4.69) is 0 Å². The molecule has 0 saturated carbocycles. The third kappa shape index (κ3) is 2.69. The molecule has 0 aromatic heterocycles. The molecule has 5 nitrogen and oxygen atoms in total. The number of benzene rings is 1. The van der Waals surface area contributed by atoms with E-state index in [0.717, 1.165) is 17.2 Å². The fraction of sp³-hybridized carbons (Fsp3) is 0.333. The zero-order valence-electron chi connectivity index (χ0n) is 10.5. The molecule has 0 aliphatic carbocycles. The van der Waals surface area contributed by atoms with E-state index in [-0.39, 0.29) is 30.0 Å². The predicted molar refractivity (Wildman–Crippen MR) is 67.4 cm³/mol. The van der Waals surface area contributed by atoms with E-state index >= 15 is 0 Å². The molecule has 8 heteroatoms. The van der Waals surface area contributed by atoms with Crippen LogP contribution < -0.4 is 4.90 Å². The second-order valence-electron chi connectivity index (χ2n) is 4.55. The van der Waals surface area contributed by atoms with Gasteiger partial charge in [-0.05, 0) is 12.5 Å². The first-order chi connectivity index (χ1) is 9.20. The van der Waals surface area contributed by atoms with Gasteiger partial charge >= 0.3 is 0 Å². The molecule has 0 atom stereocenters. The topological polar surface area (TPSA) is 71.5 Å². The lowest BCUT2D eigenvalue weighted by molar-refractivity contribution is -0.114. The predicted octanol–water partition coefficient (Wildman–Crippen LogP) is 0.929. The lowest BCUT2D eigenvalue weighted by Gasteiger charge is -2.16. The number of carbonyl (C=O) groups is 2. The molecule has 1 amide bonds. The van der Waals surface area contributed by atoms with E-state index in [4.69, 9.17) is 0 Å². The molecule has 108 valence electrons. The molecule has 0 N–H and O–H groups in total. The van der Waals surface area contributed by atoms with Crippen molar-refractivity contribution in [3.8, 4) is 0 Å². The summed E-state index contributed by atoms with van der Waals surface area (Å²) in [4.78, 5) is 24.2.